The second kappa shape index (κ2) is 24.6. The van der Waals surface area contributed by atoms with Crippen LogP contribution in [0.4, 0.5) is 0 Å². The first-order valence-electron chi connectivity index (χ1n) is 29.1. The van der Waals surface area contributed by atoms with Gasteiger partial charge in [0.2, 0.25) is 0 Å². The molecule has 0 saturated carbocycles. The number of hydrogen-bond acceptors (Lipinski definition) is 6. The van der Waals surface area contributed by atoms with Gasteiger partial charge in [0.15, 0.2) is 5.78 Å². The van der Waals surface area contributed by atoms with Crippen LogP contribution in [0.5, 0.6) is 0 Å². The van der Waals surface area contributed by atoms with E-state index in [4.69, 9.17) is 9.97 Å². The maximum absolute atomic E-state index is 12.0. The summed E-state index contributed by atoms with van der Waals surface area (Å²) in [4.78, 5) is 27.2. The average molecular weight is 1280 g/mol. The number of allylic oxidation sites excluding steroid dienone is 2. The van der Waals surface area contributed by atoms with Gasteiger partial charge in [-0.3, -0.25) is 14.8 Å². The number of rotatable bonds is 11. The van der Waals surface area contributed by atoms with Crippen molar-refractivity contribution >= 4 is 72.4 Å². The Labute approximate surface area is 503 Å². The zero-order valence-corrected chi connectivity index (χ0v) is 55.4. The topological polar surface area (TPSA) is 63.1 Å². The monoisotopic (exact) mass is 1280 g/mol. The zero-order chi connectivity index (χ0) is 57.6. The van der Waals surface area contributed by atoms with Crippen LogP contribution >= 0.6 is 23.5 Å². The fourth-order valence-corrected chi connectivity index (χ4v) is 14.0. The number of benzene rings is 6. The van der Waals surface area contributed by atoms with Crippen molar-refractivity contribution in [2.45, 2.75) is 196 Å². The van der Waals surface area contributed by atoms with Crippen LogP contribution < -0.4 is 0 Å². The number of aryl methyl sites for hydroxylation is 1. The molecule has 0 atom stereocenters. The normalized spacial score (nSPS) is 13.4. The summed E-state index contributed by atoms with van der Waals surface area (Å²) in [6.07, 6.45) is 13.0. The molecule has 0 aliphatic carbocycles. The number of nitrogens with zero attached hydrogens (tertiary/aromatic N) is 2. The first-order chi connectivity index (χ1) is 37.0. The standard InChI is InChI=1S/C30H32NS.C29H30NS.C14H26O2.Ir/c1-18-8-9-22-21(12-18)15-23-27-26-20(10-11-31-27)13-19(16-29(2,3)4)14-25(26)32-28(23)24(22)17-30(5,6)7;1-28(2,3)16-18-13-20-11-12-30-26-22-15-19-9-7-8-10-21(19)23(17-29(4,5)6)27(22)31-24(14-18)25(20)26;1-6-11(7-2)12(15)10-13(16)14(5,8-3)9-4;/h8-14H,16-17H2,1-7H3;7-14H,16-17H2,1-6H3;10-11,15H,6-9H2,1-5H3;/q2*-1;;/b;;12-10-;. The van der Waals surface area contributed by atoms with Gasteiger partial charge in [0.25, 0.3) is 0 Å². The van der Waals surface area contributed by atoms with E-state index in [1.54, 1.807) is 0 Å². The molecule has 80 heavy (non-hydrogen) atoms. The minimum atomic E-state index is -0.319. The Morgan fingerprint density at radius 2 is 1.01 bits per heavy atom. The number of carbonyl (C=O) groups excluding carboxylic acids is 1. The fourth-order valence-electron chi connectivity index (χ4n) is 11.4. The Morgan fingerprint density at radius 3 is 1.45 bits per heavy atom. The number of fused-ring (bicyclic) bond motifs is 6. The molecular weight excluding hydrogens is 1190 g/mol. The van der Waals surface area contributed by atoms with Crippen LogP contribution in [0.1, 0.15) is 171 Å². The second-order valence-electron chi connectivity index (χ2n) is 27.8. The van der Waals surface area contributed by atoms with Crippen LogP contribution in [-0.2, 0) is 50.6 Å². The van der Waals surface area contributed by atoms with Gasteiger partial charge in [-0.15, -0.1) is 58.6 Å². The van der Waals surface area contributed by atoms with E-state index >= 15 is 0 Å². The number of carbonyl (C=O) groups is 1. The molecule has 4 heterocycles. The minimum absolute atomic E-state index is 0. The van der Waals surface area contributed by atoms with Crippen LogP contribution in [0.3, 0.4) is 0 Å². The molecule has 0 spiro atoms. The first kappa shape index (κ1) is 62.8. The Hall–Kier alpha value is -4.78. The molecule has 0 saturated heterocycles. The fraction of sp³-hybridized carbons (Fsp3) is 0.438. The summed E-state index contributed by atoms with van der Waals surface area (Å²) in [7, 11) is 0. The van der Waals surface area contributed by atoms with E-state index in [0.29, 0.717) is 0 Å². The molecule has 2 aliphatic rings. The number of ketones is 1. The number of pyridine rings is 2. The summed E-state index contributed by atoms with van der Waals surface area (Å²) in [5.74, 6) is 0.437. The van der Waals surface area contributed by atoms with Crippen LogP contribution in [0, 0.1) is 52.0 Å². The van der Waals surface area contributed by atoms with Crippen LogP contribution in [0.15, 0.2) is 123 Å². The Bertz CT molecular complexity index is 3610. The third-order valence-electron chi connectivity index (χ3n) is 15.7. The summed E-state index contributed by atoms with van der Waals surface area (Å²) >= 11 is 3.86. The van der Waals surface area contributed by atoms with Crippen molar-refractivity contribution in [3.63, 3.8) is 0 Å². The Balaban J connectivity index is 0.000000183. The Kier molecular flexibility index (Phi) is 19.3. The minimum Gasteiger partial charge on any atom is -0.512 e. The average Bonchev–Trinajstić information content (AvgIpc) is 3.37. The second-order valence-corrected chi connectivity index (χ2v) is 29.9. The molecule has 0 bridgehead atoms. The molecule has 2 aliphatic heterocycles. The van der Waals surface area contributed by atoms with Gasteiger partial charge in [0.1, 0.15) is 0 Å². The Morgan fingerprint density at radius 1 is 0.575 bits per heavy atom. The molecule has 0 unspecified atom stereocenters. The van der Waals surface area contributed by atoms with E-state index < -0.39 is 0 Å². The van der Waals surface area contributed by atoms with E-state index in [0.717, 1.165) is 62.8 Å². The van der Waals surface area contributed by atoms with Gasteiger partial charge < -0.3 is 5.11 Å². The van der Waals surface area contributed by atoms with Crippen molar-refractivity contribution in [1.82, 2.24) is 9.97 Å². The van der Waals surface area contributed by atoms with Gasteiger partial charge in [0.05, 0.1) is 5.76 Å². The van der Waals surface area contributed by atoms with E-state index in [1.807, 2.05) is 70.5 Å². The molecule has 425 valence electrons. The smallest absolute Gasteiger partial charge is 0.164 e. The van der Waals surface area contributed by atoms with Gasteiger partial charge in [-0.05, 0) is 147 Å². The predicted octanol–water partition coefficient (Wildman–Crippen LogP) is 21.6. The van der Waals surface area contributed by atoms with Crippen molar-refractivity contribution in [1.29, 1.82) is 0 Å². The predicted molar refractivity (Wildman–Crippen MR) is 341 cm³/mol. The molecule has 7 heteroatoms. The van der Waals surface area contributed by atoms with Crippen molar-refractivity contribution in [3.8, 4) is 22.5 Å². The molecule has 8 aromatic rings. The third-order valence-corrected chi connectivity index (χ3v) is 18.1. The third kappa shape index (κ3) is 14.3. The van der Waals surface area contributed by atoms with Gasteiger partial charge in [-0.25, -0.2) is 0 Å². The molecule has 1 N–H and O–H groups in total. The molecule has 6 aromatic carbocycles. The largest absolute Gasteiger partial charge is 0.512 e. The van der Waals surface area contributed by atoms with Gasteiger partial charge in [0, 0.05) is 71.1 Å². The number of aliphatic hydroxyl groups excluding tert-OH is 1. The van der Waals surface area contributed by atoms with Crippen molar-refractivity contribution in [2.24, 2.45) is 33.0 Å². The van der Waals surface area contributed by atoms with Crippen molar-refractivity contribution < 1.29 is 30.0 Å². The summed E-state index contributed by atoms with van der Waals surface area (Å²) < 4.78 is 0. The van der Waals surface area contributed by atoms with Crippen LogP contribution in [-0.4, -0.2) is 20.9 Å². The summed E-state index contributed by atoms with van der Waals surface area (Å²) in [5.41, 5.74) is 12.1. The molecular formula is C73H88IrN2O2S2-2. The number of aromatic nitrogens is 2. The van der Waals surface area contributed by atoms with Crippen molar-refractivity contribution in [2.75, 3.05) is 0 Å². The summed E-state index contributed by atoms with van der Waals surface area (Å²) in [5, 5.41) is 20.1. The molecule has 1 radical (unpaired) electrons. The van der Waals surface area contributed by atoms with Crippen LogP contribution in [0.25, 0.3) is 65.6 Å². The van der Waals surface area contributed by atoms with E-state index in [1.165, 1.54) is 108 Å². The maximum atomic E-state index is 12.0. The van der Waals surface area contributed by atoms with Crippen LogP contribution in [0.2, 0.25) is 0 Å². The van der Waals surface area contributed by atoms with Gasteiger partial charge >= 0.3 is 0 Å². The van der Waals surface area contributed by atoms with Gasteiger partial charge in [-0.1, -0.05) is 199 Å². The quantitative estimate of drug-likeness (QED) is 0.0791. The number of hydrogen-bond donors (Lipinski definition) is 1. The summed E-state index contributed by atoms with van der Waals surface area (Å²) in [6, 6.07) is 36.9. The van der Waals surface area contributed by atoms with E-state index in [9.17, 15) is 9.90 Å². The molecule has 0 fully saturated rings. The molecule has 0 amide bonds. The zero-order valence-electron chi connectivity index (χ0n) is 51.4. The number of aliphatic hydroxyl groups is 1. The summed E-state index contributed by atoms with van der Waals surface area (Å²) in [6.45, 7) is 40.1. The molecule has 10 rings (SSSR count). The van der Waals surface area contributed by atoms with Crippen molar-refractivity contribution in [3.05, 3.63) is 143 Å². The molecule has 4 nitrogen and oxygen atoms in total. The van der Waals surface area contributed by atoms with Gasteiger partial charge in [-0.2, -0.15) is 0 Å². The van der Waals surface area contributed by atoms with E-state index in [2.05, 4.69) is 181 Å². The molecule has 2 aromatic heterocycles. The van der Waals surface area contributed by atoms with E-state index in [-0.39, 0.29) is 64.6 Å². The first-order valence-corrected chi connectivity index (χ1v) is 30.8. The maximum Gasteiger partial charge on any atom is 0.164 e. The SMILES string of the molecule is CC(C)(C)Cc1cc2c3c(nccc3c1)-c1[c-]c3ccccc3c(CC(C)(C)C)c1S2.CCC(CC)/C(O)=C/C(=O)C(C)(CC)CC.Cc1ccc2c(CC(C)(C)C)c3c([c-]c2c1)-c1nccc2cc(CC(C)(C)C)cc(c12)S3.[Ir].